The minimum atomic E-state index is 0.0674. The van der Waals surface area contributed by atoms with E-state index in [9.17, 15) is 4.79 Å². The minimum absolute atomic E-state index is 0.0674. The lowest BCUT2D eigenvalue weighted by Crippen LogP contribution is -2.39. The van der Waals surface area contributed by atoms with Crippen molar-refractivity contribution in [3.8, 4) is 11.5 Å². The third kappa shape index (κ3) is 3.43. The summed E-state index contributed by atoms with van der Waals surface area (Å²) in [4.78, 5) is 14.7. The van der Waals surface area contributed by atoms with Crippen molar-refractivity contribution in [2.24, 2.45) is 5.92 Å². The minimum Gasteiger partial charge on any atom is -0.493 e. The maximum Gasteiger partial charge on any atom is 0.254 e. The number of ether oxygens (including phenoxy) is 2. The van der Waals surface area contributed by atoms with Crippen LogP contribution < -0.4 is 9.47 Å². The first kappa shape index (κ1) is 16.4. The molecule has 4 nitrogen and oxygen atoms in total. The van der Waals surface area contributed by atoms with Crippen LogP contribution in [0.1, 0.15) is 35.7 Å². The van der Waals surface area contributed by atoms with Crippen molar-refractivity contribution >= 4 is 5.91 Å². The van der Waals surface area contributed by atoms with Gasteiger partial charge in [-0.1, -0.05) is 13.0 Å². The van der Waals surface area contributed by atoms with Crippen molar-refractivity contribution in [1.82, 2.24) is 4.90 Å². The second kappa shape index (κ2) is 7.34. The second-order valence-electron chi connectivity index (χ2n) is 5.86. The Hall–Kier alpha value is -1.97. The Morgan fingerprint density at radius 1 is 1.41 bits per heavy atom. The number of amides is 1. The lowest BCUT2D eigenvalue weighted by Gasteiger charge is -2.31. The first-order valence-corrected chi connectivity index (χ1v) is 7.75. The Morgan fingerprint density at radius 2 is 2.18 bits per heavy atom. The summed E-state index contributed by atoms with van der Waals surface area (Å²) in [6, 6.07) is 3.66. The quantitative estimate of drug-likeness (QED) is 0.783. The number of hydrogen-bond donors (Lipinski definition) is 0. The SMILES string of the molecule is C=CCc1cc(C(=O)N2CCCC(C)C2)cc(OC)c1OC. The first-order valence-electron chi connectivity index (χ1n) is 7.75. The molecule has 0 saturated carbocycles. The predicted molar refractivity (Wildman–Crippen MR) is 87.7 cm³/mol. The van der Waals surface area contributed by atoms with Crippen LogP contribution in [0.4, 0.5) is 0 Å². The van der Waals surface area contributed by atoms with Gasteiger partial charge in [0.1, 0.15) is 0 Å². The molecule has 4 heteroatoms. The van der Waals surface area contributed by atoms with Gasteiger partial charge < -0.3 is 14.4 Å². The van der Waals surface area contributed by atoms with Crippen LogP contribution in [0.3, 0.4) is 0 Å². The number of allylic oxidation sites excluding steroid dienone is 1. The van der Waals surface area contributed by atoms with Crippen LogP contribution in [0.15, 0.2) is 24.8 Å². The summed E-state index contributed by atoms with van der Waals surface area (Å²) in [5.41, 5.74) is 1.58. The number of nitrogens with zero attached hydrogens (tertiary/aromatic N) is 1. The molecule has 1 unspecified atom stereocenters. The Balaban J connectivity index is 2.35. The fourth-order valence-corrected chi connectivity index (χ4v) is 3.03. The molecular weight excluding hydrogens is 278 g/mol. The van der Waals surface area contributed by atoms with Crippen molar-refractivity contribution in [1.29, 1.82) is 0 Å². The molecule has 0 aromatic heterocycles. The van der Waals surface area contributed by atoms with Gasteiger partial charge in [-0.05, 0) is 37.3 Å². The molecule has 1 fully saturated rings. The topological polar surface area (TPSA) is 38.8 Å². The lowest BCUT2D eigenvalue weighted by atomic mass is 9.98. The number of rotatable bonds is 5. The van der Waals surface area contributed by atoms with Gasteiger partial charge in [0, 0.05) is 24.2 Å². The third-order valence-electron chi connectivity index (χ3n) is 4.11. The van der Waals surface area contributed by atoms with Crippen LogP contribution in [0.2, 0.25) is 0 Å². The van der Waals surface area contributed by atoms with E-state index in [1.807, 2.05) is 11.0 Å². The smallest absolute Gasteiger partial charge is 0.254 e. The average molecular weight is 303 g/mol. The van der Waals surface area contributed by atoms with E-state index < -0.39 is 0 Å². The third-order valence-corrected chi connectivity index (χ3v) is 4.11. The zero-order valence-electron chi connectivity index (χ0n) is 13.7. The molecule has 0 N–H and O–H groups in total. The molecule has 1 amide bonds. The fourth-order valence-electron chi connectivity index (χ4n) is 3.03. The molecule has 0 spiro atoms. The van der Waals surface area contributed by atoms with E-state index in [0.717, 1.165) is 25.1 Å². The van der Waals surface area contributed by atoms with Gasteiger partial charge >= 0.3 is 0 Å². The molecular formula is C18H25NO3. The monoisotopic (exact) mass is 303 g/mol. The summed E-state index contributed by atoms with van der Waals surface area (Å²) in [5, 5.41) is 0. The molecule has 1 aliphatic heterocycles. The van der Waals surface area contributed by atoms with Gasteiger partial charge in [-0.2, -0.15) is 0 Å². The van der Waals surface area contributed by atoms with Crippen molar-refractivity contribution < 1.29 is 14.3 Å². The summed E-state index contributed by atoms with van der Waals surface area (Å²) in [5.74, 6) is 1.89. The molecule has 1 atom stereocenters. The van der Waals surface area contributed by atoms with Crippen molar-refractivity contribution in [3.05, 3.63) is 35.9 Å². The molecule has 0 radical (unpaired) electrons. The zero-order valence-corrected chi connectivity index (χ0v) is 13.7. The second-order valence-corrected chi connectivity index (χ2v) is 5.86. The molecule has 1 aliphatic rings. The van der Waals surface area contributed by atoms with Crippen LogP contribution in [0, 0.1) is 5.92 Å². The number of piperidine rings is 1. The number of methoxy groups -OCH3 is 2. The van der Waals surface area contributed by atoms with Crippen molar-refractivity contribution in [2.45, 2.75) is 26.2 Å². The van der Waals surface area contributed by atoms with Crippen LogP contribution in [-0.2, 0) is 6.42 Å². The summed E-state index contributed by atoms with van der Waals surface area (Å²) in [7, 11) is 3.20. The normalized spacial score (nSPS) is 18.0. The van der Waals surface area contributed by atoms with Gasteiger partial charge in [0.05, 0.1) is 14.2 Å². The maximum atomic E-state index is 12.8. The van der Waals surface area contributed by atoms with E-state index in [1.165, 1.54) is 6.42 Å². The summed E-state index contributed by atoms with van der Waals surface area (Å²) in [6.45, 7) is 7.61. The Morgan fingerprint density at radius 3 is 2.77 bits per heavy atom. The highest BCUT2D eigenvalue weighted by Gasteiger charge is 2.24. The number of likely N-dealkylation sites (tertiary alicyclic amines) is 1. The zero-order chi connectivity index (χ0) is 16.1. The molecule has 1 aromatic rings. The summed E-state index contributed by atoms with van der Waals surface area (Å²) >= 11 is 0. The van der Waals surface area contributed by atoms with E-state index in [0.29, 0.717) is 29.4 Å². The Kier molecular flexibility index (Phi) is 5.47. The van der Waals surface area contributed by atoms with Gasteiger partial charge in [-0.15, -0.1) is 6.58 Å². The van der Waals surface area contributed by atoms with Gasteiger partial charge in [-0.3, -0.25) is 4.79 Å². The number of carbonyl (C=O) groups is 1. The first-order chi connectivity index (χ1) is 10.6. The van der Waals surface area contributed by atoms with Gasteiger partial charge in [0.25, 0.3) is 5.91 Å². The maximum absolute atomic E-state index is 12.8. The highest BCUT2D eigenvalue weighted by molar-refractivity contribution is 5.95. The van der Waals surface area contributed by atoms with Crippen LogP contribution in [-0.4, -0.2) is 38.1 Å². The lowest BCUT2D eigenvalue weighted by molar-refractivity contribution is 0.0682. The molecule has 2 rings (SSSR count). The standard InChI is InChI=1S/C18H25NO3/c1-5-7-14-10-15(11-16(21-3)17(14)22-4)18(20)19-9-6-8-13(2)12-19/h5,10-11,13H,1,6-9,12H2,2-4H3. The summed E-state index contributed by atoms with van der Waals surface area (Å²) in [6.07, 6.45) is 4.70. The molecule has 120 valence electrons. The van der Waals surface area contributed by atoms with Crippen molar-refractivity contribution in [3.63, 3.8) is 0 Å². The fraction of sp³-hybridized carbons (Fsp3) is 0.500. The van der Waals surface area contributed by atoms with Crippen LogP contribution in [0.25, 0.3) is 0 Å². The van der Waals surface area contributed by atoms with E-state index in [-0.39, 0.29) is 5.91 Å². The molecule has 22 heavy (non-hydrogen) atoms. The highest BCUT2D eigenvalue weighted by Crippen LogP contribution is 2.34. The molecule has 0 aliphatic carbocycles. The van der Waals surface area contributed by atoms with Crippen LogP contribution in [0.5, 0.6) is 11.5 Å². The Bertz CT molecular complexity index is 554. The largest absolute Gasteiger partial charge is 0.493 e. The van der Waals surface area contributed by atoms with Gasteiger partial charge in [0.2, 0.25) is 0 Å². The van der Waals surface area contributed by atoms with E-state index in [2.05, 4.69) is 13.5 Å². The average Bonchev–Trinajstić information content (AvgIpc) is 2.53. The molecule has 1 heterocycles. The highest BCUT2D eigenvalue weighted by atomic mass is 16.5. The molecule has 0 bridgehead atoms. The van der Waals surface area contributed by atoms with E-state index >= 15 is 0 Å². The van der Waals surface area contributed by atoms with Gasteiger partial charge in [0.15, 0.2) is 11.5 Å². The predicted octanol–water partition coefficient (Wildman–Crippen LogP) is 3.30. The molecule has 1 saturated heterocycles. The van der Waals surface area contributed by atoms with Crippen molar-refractivity contribution in [2.75, 3.05) is 27.3 Å². The van der Waals surface area contributed by atoms with E-state index in [1.54, 1.807) is 26.4 Å². The van der Waals surface area contributed by atoms with Crippen LogP contribution >= 0.6 is 0 Å². The van der Waals surface area contributed by atoms with Gasteiger partial charge in [-0.25, -0.2) is 0 Å². The Labute approximate surface area is 132 Å². The van der Waals surface area contributed by atoms with E-state index in [4.69, 9.17) is 9.47 Å². The summed E-state index contributed by atoms with van der Waals surface area (Å²) < 4.78 is 10.8. The number of hydrogen-bond acceptors (Lipinski definition) is 3. The molecule has 1 aromatic carbocycles. The number of benzene rings is 1. The number of carbonyl (C=O) groups excluding carboxylic acids is 1.